The number of hydrogen-bond donors (Lipinski definition) is 2. The van der Waals surface area contributed by atoms with E-state index in [1.807, 2.05) is 6.07 Å². The van der Waals surface area contributed by atoms with E-state index in [4.69, 9.17) is 0 Å². The molecule has 1 aromatic rings. The van der Waals surface area contributed by atoms with Gasteiger partial charge in [0, 0.05) is 13.1 Å². The first-order chi connectivity index (χ1) is 9.33. The molecule has 2 rings (SSSR count). The maximum absolute atomic E-state index is 12.2. The molecule has 0 spiro atoms. The minimum Gasteiger partial charge on any atom is -0.354 e. The molecule has 1 amide bonds. The number of carbonyl (C=O) groups excluding carboxylic acids is 1. The highest BCUT2D eigenvalue weighted by Gasteiger charge is 2.26. The normalized spacial score (nSPS) is 16.9. The molecule has 3 nitrogen and oxygen atoms in total. The zero-order valence-corrected chi connectivity index (χ0v) is 13.5. The first kappa shape index (κ1) is 17.3. The third-order valence-corrected chi connectivity index (χ3v) is 4.50. The van der Waals surface area contributed by atoms with Crippen LogP contribution in [0.25, 0.3) is 0 Å². The molecule has 0 fully saturated rings. The highest BCUT2D eigenvalue weighted by molar-refractivity contribution is 8.00. The molecule has 0 aromatic heterocycles. The van der Waals surface area contributed by atoms with Gasteiger partial charge in [0.05, 0.1) is 0 Å². The average Bonchev–Trinajstić information content (AvgIpc) is 2.46. The third kappa shape index (κ3) is 4.69. The Morgan fingerprint density at radius 2 is 2.10 bits per heavy atom. The molecular formula is C15H23ClN2OS. The van der Waals surface area contributed by atoms with Crippen LogP contribution in [0.1, 0.15) is 29.7 Å². The number of halogens is 1. The Hall–Kier alpha value is -0.710. The standard InChI is InChI=1S/C15H22N2OS.ClH/c1-2-8-16-9-10-17-15(18)14-13-6-4-3-5-12(13)7-11-19-14;/h3-6,14,16H,2,7-11H2,1H3,(H,17,18);1H. The van der Waals surface area contributed by atoms with Crippen LogP contribution in [-0.2, 0) is 11.2 Å². The summed E-state index contributed by atoms with van der Waals surface area (Å²) in [5.74, 6) is 1.18. The number of rotatable bonds is 6. The molecule has 0 bridgehead atoms. The molecule has 2 N–H and O–H groups in total. The molecule has 1 aromatic carbocycles. The van der Waals surface area contributed by atoms with E-state index in [2.05, 4.69) is 35.8 Å². The van der Waals surface area contributed by atoms with Gasteiger partial charge in [-0.25, -0.2) is 0 Å². The van der Waals surface area contributed by atoms with Crippen LogP contribution in [0.5, 0.6) is 0 Å². The second kappa shape index (κ2) is 9.27. The van der Waals surface area contributed by atoms with E-state index in [1.54, 1.807) is 11.8 Å². The summed E-state index contributed by atoms with van der Waals surface area (Å²) in [5, 5.41) is 6.29. The fraction of sp³-hybridized carbons (Fsp3) is 0.533. The number of amides is 1. The van der Waals surface area contributed by atoms with E-state index in [1.165, 1.54) is 11.1 Å². The number of nitrogens with one attached hydrogen (secondary N) is 2. The number of benzene rings is 1. The monoisotopic (exact) mass is 314 g/mol. The van der Waals surface area contributed by atoms with Crippen LogP contribution in [0.15, 0.2) is 24.3 Å². The Morgan fingerprint density at radius 3 is 2.90 bits per heavy atom. The predicted molar refractivity (Wildman–Crippen MR) is 88.8 cm³/mol. The Morgan fingerprint density at radius 1 is 1.30 bits per heavy atom. The molecule has 5 heteroatoms. The Labute approximate surface area is 131 Å². The van der Waals surface area contributed by atoms with Crippen molar-refractivity contribution in [3.63, 3.8) is 0 Å². The van der Waals surface area contributed by atoms with Gasteiger partial charge in [0.15, 0.2) is 0 Å². The van der Waals surface area contributed by atoms with Crippen molar-refractivity contribution in [1.29, 1.82) is 0 Å². The number of fused-ring (bicyclic) bond motifs is 1. The predicted octanol–water partition coefficient (Wildman–Crippen LogP) is 2.55. The minimum absolute atomic E-state index is 0. The van der Waals surface area contributed by atoms with Gasteiger partial charge in [-0.1, -0.05) is 31.2 Å². The molecule has 0 aliphatic carbocycles. The van der Waals surface area contributed by atoms with Crippen molar-refractivity contribution in [2.75, 3.05) is 25.4 Å². The second-order valence-electron chi connectivity index (χ2n) is 4.74. The molecule has 1 heterocycles. The summed E-state index contributed by atoms with van der Waals surface area (Å²) in [6.07, 6.45) is 2.20. The van der Waals surface area contributed by atoms with Crippen molar-refractivity contribution >= 4 is 30.1 Å². The van der Waals surface area contributed by atoms with E-state index < -0.39 is 0 Å². The van der Waals surface area contributed by atoms with Gasteiger partial charge < -0.3 is 10.6 Å². The molecule has 112 valence electrons. The van der Waals surface area contributed by atoms with Gasteiger partial charge in [0.25, 0.3) is 0 Å². The first-order valence-corrected chi connectivity index (χ1v) is 8.05. The van der Waals surface area contributed by atoms with Crippen LogP contribution >= 0.6 is 24.2 Å². The quantitative estimate of drug-likeness (QED) is 0.793. The molecule has 0 saturated heterocycles. The molecule has 1 atom stereocenters. The number of carbonyl (C=O) groups is 1. The average molecular weight is 315 g/mol. The second-order valence-corrected chi connectivity index (χ2v) is 5.95. The van der Waals surface area contributed by atoms with Crippen LogP contribution in [0.3, 0.4) is 0 Å². The van der Waals surface area contributed by atoms with Crippen LogP contribution < -0.4 is 10.6 Å². The van der Waals surface area contributed by atoms with Gasteiger partial charge >= 0.3 is 0 Å². The van der Waals surface area contributed by atoms with Gasteiger partial charge in [-0.15, -0.1) is 24.2 Å². The summed E-state index contributed by atoms with van der Waals surface area (Å²) in [6, 6.07) is 8.30. The molecule has 1 unspecified atom stereocenters. The SMILES string of the molecule is CCCNCCNC(=O)C1SCCc2ccccc21.Cl. The van der Waals surface area contributed by atoms with Crippen molar-refractivity contribution in [3.05, 3.63) is 35.4 Å². The van der Waals surface area contributed by atoms with Crippen molar-refractivity contribution in [3.8, 4) is 0 Å². The van der Waals surface area contributed by atoms with E-state index in [-0.39, 0.29) is 23.6 Å². The van der Waals surface area contributed by atoms with Crippen molar-refractivity contribution in [2.45, 2.75) is 25.0 Å². The van der Waals surface area contributed by atoms with Gasteiger partial charge in [-0.3, -0.25) is 4.79 Å². The number of aryl methyl sites for hydroxylation is 1. The van der Waals surface area contributed by atoms with Gasteiger partial charge in [-0.05, 0) is 36.3 Å². The summed E-state index contributed by atoms with van der Waals surface area (Å²) >= 11 is 1.75. The highest BCUT2D eigenvalue weighted by Crippen LogP contribution is 2.36. The van der Waals surface area contributed by atoms with E-state index in [0.29, 0.717) is 6.54 Å². The summed E-state index contributed by atoms with van der Waals surface area (Å²) in [5.41, 5.74) is 2.52. The number of thioether (sulfide) groups is 1. The highest BCUT2D eigenvalue weighted by atomic mass is 35.5. The van der Waals surface area contributed by atoms with Crippen LogP contribution in [0.4, 0.5) is 0 Å². The topological polar surface area (TPSA) is 41.1 Å². The lowest BCUT2D eigenvalue weighted by Gasteiger charge is -2.24. The fourth-order valence-corrected chi connectivity index (χ4v) is 3.50. The maximum Gasteiger partial charge on any atom is 0.237 e. The molecule has 1 aliphatic rings. The summed E-state index contributed by atoms with van der Waals surface area (Å²) in [6.45, 7) is 4.70. The van der Waals surface area contributed by atoms with Gasteiger partial charge in [0.2, 0.25) is 5.91 Å². The minimum atomic E-state index is -0.0314. The summed E-state index contributed by atoms with van der Waals surface area (Å²) in [4.78, 5) is 12.2. The first-order valence-electron chi connectivity index (χ1n) is 7.00. The largest absolute Gasteiger partial charge is 0.354 e. The van der Waals surface area contributed by atoms with Crippen LogP contribution in [0, 0.1) is 0 Å². The summed E-state index contributed by atoms with van der Waals surface area (Å²) in [7, 11) is 0. The van der Waals surface area contributed by atoms with Crippen molar-refractivity contribution < 1.29 is 4.79 Å². The van der Waals surface area contributed by atoms with Gasteiger partial charge in [-0.2, -0.15) is 0 Å². The lowest BCUT2D eigenvalue weighted by molar-refractivity contribution is -0.120. The third-order valence-electron chi connectivity index (χ3n) is 3.26. The molecule has 1 aliphatic heterocycles. The summed E-state index contributed by atoms with van der Waals surface area (Å²) < 4.78 is 0. The molecular weight excluding hydrogens is 292 g/mol. The van der Waals surface area contributed by atoms with E-state index in [0.717, 1.165) is 31.7 Å². The van der Waals surface area contributed by atoms with Crippen molar-refractivity contribution in [1.82, 2.24) is 10.6 Å². The maximum atomic E-state index is 12.2. The molecule has 20 heavy (non-hydrogen) atoms. The van der Waals surface area contributed by atoms with Crippen molar-refractivity contribution in [2.24, 2.45) is 0 Å². The Kier molecular flexibility index (Phi) is 8.04. The molecule has 0 saturated carbocycles. The Balaban J connectivity index is 0.00000200. The zero-order valence-electron chi connectivity index (χ0n) is 11.9. The number of hydrogen-bond acceptors (Lipinski definition) is 3. The van der Waals surface area contributed by atoms with E-state index >= 15 is 0 Å². The smallest absolute Gasteiger partial charge is 0.237 e. The fourth-order valence-electron chi connectivity index (χ4n) is 2.28. The Bertz CT molecular complexity index is 428. The van der Waals surface area contributed by atoms with Crippen LogP contribution in [-0.4, -0.2) is 31.3 Å². The lowest BCUT2D eigenvalue weighted by Crippen LogP contribution is -2.35. The zero-order chi connectivity index (χ0) is 13.5. The van der Waals surface area contributed by atoms with E-state index in [9.17, 15) is 4.79 Å². The van der Waals surface area contributed by atoms with Crippen LogP contribution in [0.2, 0.25) is 0 Å². The molecule has 0 radical (unpaired) electrons. The van der Waals surface area contributed by atoms with Gasteiger partial charge in [0.1, 0.15) is 5.25 Å². The lowest BCUT2D eigenvalue weighted by atomic mass is 10.0.